The van der Waals surface area contributed by atoms with E-state index in [4.69, 9.17) is 24.3 Å². The van der Waals surface area contributed by atoms with Crippen LogP contribution in [-0.2, 0) is 32.7 Å². The van der Waals surface area contributed by atoms with Crippen molar-refractivity contribution in [3.05, 3.63) is 72.9 Å². The topological polar surface area (TPSA) is 155 Å². The minimum absolute atomic E-state index is 0.0313. The van der Waals surface area contributed by atoms with Gasteiger partial charge in [0, 0.05) is 19.4 Å². The van der Waals surface area contributed by atoms with E-state index in [1.165, 1.54) is 96.3 Å². The molecule has 0 saturated carbocycles. The van der Waals surface area contributed by atoms with Gasteiger partial charge in [-0.25, -0.2) is 4.57 Å². The van der Waals surface area contributed by atoms with Gasteiger partial charge in [0.2, 0.25) is 0 Å². The second-order valence-electron chi connectivity index (χ2n) is 15.4. The third-order valence-electron chi connectivity index (χ3n) is 9.66. The zero-order valence-electron chi connectivity index (χ0n) is 37.8. The minimum Gasteiger partial charge on any atom is -0.462 e. The number of ether oxygens (including phenoxy) is 2. The summed E-state index contributed by atoms with van der Waals surface area (Å²) in [7, 11) is -4.41. The number of phosphoric ester groups is 1. The Balaban J connectivity index is 4.22. The highest BCUT2D eigenvalue weighted by molar-refractivity contribution is 7.47. The largest absolute Gasteiger partial charge is 0.472 e. The van der Waals surface area contributed by atoms with Gasteiger partial charge in [0.05, 0.1) is 19.3 Å². The molecule has 10 nitrogen and oxygen atoms in total. The van der Waals surface area contributed by atoms with Gasteiger partial charge in [0.15, 0.2) is 6.10 Å². The molecule has 346 valence electrons. The molecule has 0 aromatic heterocycles. The van der Waals surface area contributed by atoms with Gasteiger partial charge >= 0.3 is 19.8 Å². The van der Waals surface area contributed by atoms with Gasteiger partial charge in [-0.05, 0) is 70.6 Å². The van der Waals surface area contributed by atoms with Crippen molar-refractivity contribution in [2.24, 2.45) is 5.73 Å². The van der Waals surface area contributed by atoms with Crippen LogP contribution in [-0.4, -0.2) is 60.5 Å². The van der Waals surface area contributed by atoms with Gasteiger partial charge in [-0.1, -0.05) is 177 Å². The monoisotopic (exact) mass is 864 g/mol. The highest BCUT2D eigenvalue weighted by Crippen LogP contribution is 2.43. The Kier molecular flexibility index (Phi) is 42.5. The third kappa shape index (κ3) is 43.5. The Morgan fingerprint density at radius 2 is 1.13 bits per heavy atom. The quantitative estimate of drug-likeness (QED) is 0.0177. The summed E-state index contributed by atoms with van der Waals surface area (Å²) in [6.45, 7) is 3.46. The van der Waals surface area contributed by atoms with E-state index in [1.807, 2.05) is 42.5 Å². The van der Waals surface area contributed by atoms with Crippen molar-refractivity contribution in [2.75, 3.05) is 26.4 Å². The second-order valence-corrected chi connectivity index (χ2v) is 16.9. The van der Waals surface area contributed by atoms with Crippen LogP contribution in [0, 0.1) is 0 Å². The molecule has 0 spiro atoms. The van der Waals surface area contributed by atoms with Gasteiger partial charge in [0.1, 0.15) is 6.61 Å². The average molecular weight is 864 g/mol. The van der Waals surface area contributed by atoms with Crippen molar-refractivity contribution in [3.63, 3.8) is 0 Å². The van der Waals surface area contributed by atoms with Crippen LogP contribution in [0.5, 0.6) is 0 Å². The van der Waals surface area contributed by atoms with Crippen LogP contribution in [0.3, 0.4) is 0 Å². The standard InChI is InChI=1S/C49H86NO9P/c1-3-5-7-9-11-12-13-14-15-16-17-18-19-20-21-22-23-24-28-32-36-40-48(52)56-44-47(45-58-60(54,55)57-43-42-50)59-49(53)41-37-33-29-26-25-27-31-35-39-46(51)38-34-30-10-8-6-4-2/h6,8,14-15,26-27,29-31,34-35,39,46-47,51H,3-5,7,9-13,16-25,28,32-33,36-38,40-45,50H2,1-2H3,(H,54,55)/b8-6-,15-14-,29-26-,31-27-,34-30-,39-35+/t46?,47-/m1/s1. The number of esters is 2. The fourth-order valence-corrected chi connectivity index (χ4v) is 6.93. The van der Waals surface area contributed by atoms with Crippen molar-refractivity contribution >= 4 is 19.8 Å². The number of phosphoric acid groups is 1. The number of rotatable bonds is 43. The number of nitrogens with two attached hydrogens (primary N) is 1. The molecule has 11 heteroatoms. The lowest BCUT2D eigenvalue weighted by atomic mass is 10.0. The van der Waals surface area contributed by atoms with Crippen LogP contribution in [0.15, 0.2) is 72.9 Å². The maximum Gasteiger partial charge on any atom is 0.472 e. The van der Waals surface area contributed by atoms with Crippen molar-refractivity contribution in [2.45, 2.75) is 199 Å². The second kappa shape index (κ2) is 44.5. The number of hydrogen-bond donors (Lipinski definition) is 3. The molecular formula is C49H86NO9P. The van der Waals surface area contributed by atoms with E-state index in [0.29, 0.717) is 32.1 Å². The van der Waals surface area contributed by atoms with Crippen molar-refractivity contribution in [3.8, 4) is 0 Å². The highest BCUT2D eigenvalue weighted by atomic mass is 31.2. The molecule has 0 aromatic carbocycles. The molecular weight excluding hydrogens is 778 g/mol. The van der Waals surface area contributed by atoms with Gasteiger partial charge in [-0.2, -0.15) is 0 Å². The third-order valence-corrected chi connectivity index (χ3v) is 10.6. The molecule has 0 amide bonds. The number of hydrogen-bond acceptors (Lipinski definition) is 9. The lowest BCUT2D eigenvalue weighted by molar-refractivity contribution is -0.161. The molecule has 0 aliphatic rings. The van der Waals surface area contributed by atoms with Crippen molar-refractivity contribution < 1.29 is 42.7 Å². The zero-order valence-corrected chi connectivity index (χ0v) is 38.7. The number of allylic oxidation sites excluding steroid dienone is 10. The first-order valence-electron chi connectivity index (χ1n) is 23.5. The molecule has 0 fully saturated rings. The zero-order chi connectivity index (χ0) is 44.0. The van der Waals surface area contributed by atoms with E-state index >= 15 is 0 Å². The Bertz CT molecular complexity index is 1230. The van der Waals surface area contributed by atoms with Crippen LogP contribution in [0.4, 0.5) is 0 Å². The van der Waals surface area contributed by atoms with Gasteiger partial charge in [0.25, 0.3) is 0 Å². The van der Waals surface area contributed by atoms with E-state index < -0.39 is 38.6 Å². The molecule has 0 aliphatic heterocycles. The van der Waals surface area contributed by atoms with Crippen molar-refractivity contribution in [1.29, 1.82) is 0 Å². The maximum atomic E-state index is 12.6. The van der Waals surface area contributed by atoms with E-state index in [9.17, 15) is 24.2 Å². The van der Waals surface area contributed by atoms with Crippen LogP contribution in [0.2, 0.25) is 0 Å². The smallest absolute Gasteiger partial charge is 0.462 e. The summed E-state index contributed by atoms with van der Waals surface area (Å²) in [6.07, 6.45) is 51.2. The van der Waals surface area contributed by atoms with Gasteiger partial charge < -0.3 is 25.2 Å². The van der Waals surface area contributed by atoms with Gasteiger partial charge in [-0.15, -0.1) is 0 Å². The molecule has 0 aliphatic carbocycles. The first-order valence-corrected chi connectivity index (χ1v) is 25.0. The molecule has 0 heterocycles. The molecule has 2 unspecified atom stereocenters. The lowest BCUT2D eigenvalue weighted by Gasteiger charge is -2.19. The Labute approximate surface area is 365 Å². The van der Waals surface area contributed by atoms with E-state index in [-0.39, 0.29) is 32.6 Å². The first kappa shape index (κ1) is 57.4. The molecule has 0 rings (SSSR count). The van der Waals surface area contributed by atoms with Crippen LogP contribution in [0.25, 0.3) is 0 Å². The number of aliphatic hydroxyl groups excluding tert-OH is 1. The fourth-order valence-electron chi connectivity index (χ4n) is 6.16. The summed E-state index contributed by atoms with van der Waals surface area (Å²) in [4.78, 5) is 34.9. The van der Waals surface area contributed by atoms with Crippen LogP contribution < -0.4 is 5.73 Å². The summed E-state index contributed by atoms with van der Waals surface area (Å²) < 4.78 is 32.7. The Morgan fingerprint density at radius 3 is 1.77 bits per heavy atom. The molecule has 0 bridgehead atoms. The van der Waals surface area contributed by atoms with E-state index in [2.05, 4.69) is 38.2 Å². The SMILES string of the molecule is CC/C=C\C/C=C\CC(O)/C=C/C=C\C/C=C\CCCC(=O)O[C@H](COC(=O)CCCCCCCCCCCCC/C=C\CCCCCCCC)COP(=O)(O)OCCN. The number of unbranched alkanes of at least 4 members (excludes halogenated alkanes) is 18. The summed E-state index contributed by atoms with van der Waals surface area (Å²) in [6, 6.07) is 0. The number of carbonyl (C=O) groups is 2. The molecule has 3 atom stereocenters. The Morgan fingerprint density at radius 1 is 0.600 bits per heavy atom. The molecule has 0 aromatic rings. The first-order chi connectivity index (χ1) is 29.2. The summed E-state index contributed by atoms with van der Waals surface area (Å²) in [5, 5.41) is 10.0. The van der Waals surface area contributed by atoms with Gasteiger partial charge in [-0.3, -0.25) is 18.6 Å². The Hall–Kier alpha value is -2.59. The number of carbonyl (C=O) groups excluding carboxylic acids is 2. The molecule has 60 heavy (non-hydrogen) atoms. The molecule has 4 N–H and O–H groups in total. The fraction of sp³-hybridized carbons (Fsp3) is 0.714. The number of aliphatic hydroxyl groups is 1. The summed E-state index contributed by atoms with van der Waals surface area (Å²) in [5.41, 5.74) is 5.35. The normalized spacial score (nSPS) is 14.4. The average Bonchev–Trinajstić information content (AvgIpc) is 3.23. The lowest BCUT2D eigenvalue weighted by Crippen LogP contribution is -2.29. The molecule has 0 radical (unpaired) electrons. The van der Waals surface area contributed by atoms with E-state index in [0.717, 1.165) is 32.1 Å². The minimum atomic E-state index is -4.41. The van der Waals surface area contributed by atoms with Crippen LogP contribution in [0.1, 0.15) is 187 Å². The maximum absolute atomic E-state index is 12.6. The van der Waals surface area contributed by atoms with E-state index in [1.54, 1.807) is 6.08 Å². The molecule has 0 saturated heterocycles. The summed E-state index contributed by atoms with van der Waals surface area (Å²) >= 11 is 0. The predicted molar refractivity (Wildman–Crippen MR) is 248 cm³/mol. The van der Waals surface area contributed by atoms with Crippen LogP contribution >= 0.6 is 7.82 Å². The van der Waals surface area contributed by atoms with Crippen molar-refractivity contribution in [1.82, 2.24) is 0 Å². The highest BCUT2D eigenvalue weighted by Gasteiger charge is 2.26. The predicted octanol–water partition coefficient (Wildman–Crippen LogP) is 12.8. The summed E-state index contributed by atoms with van der Waals surface area (Å²) in [5.74, 6) is -0.939.